The summed E-state index contributed by atoms with van der Waals surface area (Å²) in [4.78, 5) is 0.222. The zero-order valence-electron chi connectivity index (χ0n) is 14.1. The first-order valence-corrected chi connectivity index (χ1v) is 9.44. The van der Waals surface area contributed by atoms with Crippen LogP contribution in [0.15, 0.2) is 53.9 Å². The minimum absolute atomic E-state index is 0.0369. The normalized spacial score (nSPS) is 18.2. The summed E-state index contributed by atoms with van der Waals surface area (Å²) < 4.78 is 30.9. The first-order chi connectivity index (χ1) is 11.9. The number of fused-ring (bicyclic) bond motifs is 1. The van der Waals surface area contributed by atoms with Crippen LogP contribution >= 0.6 is 0 Å². The van der Waals surface area contributed by atoms with Gasteiger partial charge in [-0.05, 0) is 16.7 Å². The van der Waals surface area contributed by atoms with Crippen LogP contribution in [0.5, 0.6) is 0 Å². The van der Waals surface area contributed by atoms with Crippen LogP contribution in [-0.4, -0.2) is 38.8 Å². The number of rotatable bonds is 3. The molecule has 1 aromatic carbocycles. The molecule has 4 rings (SSSR count). The molecule has 25 heavy (non-hydrogen) atoms. The number of benzene rings is 1. The van der Waals surface area contributed by atoms with Crippen LogP contribution < -0.4 is 0 Å². The average molecular weight is 357 g/mol. The smallest absolute Gasteiger partial charge is 0.246 e. The van der Waals surface area contributed by atoms with Gasteiger partial charge in [0.15, 0.2) is 0 Å². The molecular weight excluding hydrogens is 338 g/mol. The van der Waals surface area contributed by atoms with Gasteiger partial charge in [-0.3, -0.25) is 9.36 Å². The molecule has 1 atom stereocenters. The van der Waals surface area contributed by atoms with Gasteiger partial charge in [0.1, 0.15) is 4.90 Å². The van der Waals surface area contributed by atoms with Gasteiger partial charge in [0.2, 0.25) is 10.0 Å². The van der Waals surface area contributed by atoms with Gasteiger partial charge in [-0.1, -0.05) is 24.3 Å². The van der Waals surface area contributed by atoms with Crippen LogP contribution in [0.25, 0.3) is 0 Å². The van der Waals surface area contributed by atoms with Crippen molar-refractivity contribution in [3.05, 3.63) is 65.7 Å². The van der Waals surface area contributed by atoms with Crippen LogP contribution in [0.1, 0.15) is 22.6 Å². The molecule has 3 aromatic rings. The molecule has 0 fully saturated rings. The van der Waals surface area contributed by atoms with E-state index < -0.39 is 10.0 Å². The number of aryl methyl sites for hydroxylation is 2. The fraction of sp³-hybridized carbons (Fsp3) is 0.294. The van der Waals surface area contributed by atoms with Crippen molar-refractivity contribution in [1.29, 1.82) is 0 Å². The molecule has 1 aliphatic rings. The van der Waals surface area contributed by atoms with Crippen molar-refractivity contribution in [2.24, 2.45) is 14.1 Å². The van der Waals surface area contributed by atoms with Crippen LogP contribution in [-0.2, 0) is 30.7 Å². The lowest BCUT2D eigenvalue weighted by molar-refractivity contribution is 0.371. The van der Waals surface area contributed by atoms with E-state index in [0.29, 0.717) is 13.1 Å². The Balaban J connectivity index is 1.77. The largest absolute Gasteiger partial charge is 0.276 e. The molecule has 0 N–H and O–H groups in total. The summed E-state index contributed by atoms with van der Waals surface area (Å²) in [6.45, 7) is 0.754. The molecule has 7 nitrogen and oxygen atoms in total. The van der Waals surface area contributed by atoms with E-state index in [1.54, 1.807) is 11.7 Å². The van der Waals surface area contributed by atoms with Gasteiger partial charge < -0.3 is 0 Å². The van der Waals surface area contributed by atoms with Crippen molar-refractivity contribution in [3.8, 4) is 0 Å². The Morgan fingerprint density at radius 3 is 2.44 bits per heavy atom. The van der Waals surface area contributed by atoms with Crippen LogP contribution in [0.3, 0.4) is 0 Å². The summed E-state index contributed by atoms with van der Waals surface area (Å²) in [6.07, 6.45) is 6.69. The van der Waals surface area contributed by atoms with Crippen molar-refractivity contribution in [1.82, 2.24) is 23.9 Å². The predicted molar refractivity (Wildman–Crippen MR) is 92.3 cm³/mol. The van der Waals surface area contributed by atoms with E-state index in [1.807, 2.05) is 37.6 Å². The Morgan fingerprint density at radius 2 is 1.76 bits per heavy atom. The van der Waals surface area contributed by atoms with Gasteiger partial charge in [-0.15, -0.1) is 0 Å². The fourth-order valence-electron chi connectivity index (χ4n) is 3.34. The molecule has 0 amide bonds. The lowest BCUT2D eigenvalue weighted by Crippen LogP contribution is -2.38. The number of aromatic nitrogens is 4. The summed E-state index contributed by atoms with van der Waals surface area (Å²) in [5.74, 6) is -0.0369. The standard InChI is InChI=1S/C17H19N5O2S/c1-20-9-14(7-18-20)17-12-22(10-13-5-3-4-6-16(13)17)25(23,24)15-8-19-21(2)11-15/h3-9,11,17H,10,12H2,1-2H3. The average Bonchev–Trinajstić information content (AvgIpc) is 3.22. The molecule has 0 aliphatic carbocycles. The molecular formula is C17H19N5O2S. The second-order valence-electron chi connectivity index (χ2n) is 6.35. The van der Waals surface area contributed by atoms with Gasteiger partial charge in [0.25, 0.3) is 0 Å². The summed E-state index contributed by atoms with van der Waals surface area (Å²) in [5, 5.41) is 8.25. The zero-order chi connectivity index (χ0) is 17.6. The molecule has 2 aromatic heterocycles. The molecule has 0 bridgehead atoms. The highest BCUT2D eigenvalue weighted by Crippen LogP contribution is 2.35. The minimum Gasteiger partial charge on any atom is -0.276 e. The van der Waals surface area contributed by atoms with Crippen LogP contribution in [0.2, 0.25) is 0 Å². The number of sulfonamides is 1. The molecule has 0 saturated heterocycles. The van der Waals surface area contributed by atoms with E-state index in [9.17, 15) is 8.42 Å². The summed E-state index contributed by atoms with van der Waals surface area (Å²) in [7, 11) is -0.0205. The second kappa shape index (κ2) is 5.82. The molecule has 1 aliphatic heterocycles. The number of hydrogen-bond acceptors (Lipinski definition) is 4. The maximum absolute atomic E-state index is 13.0. The highest BCUT2D eigenvalue weighted by atomic mass is 32.2. The monoisotopic (exact) mass is 357 g/mol. The minimum atomic E-state index is -3.60. The van der Waals surface area contributed by atoms with Gasteiger partial charge in [0, 0.05) is 45.5 Å². The van der Waals surface area contributed by atoms with E-state index >= 15 is 0 Å². The molecule has 3 heterocycles. The lowest BCUT2D eigenvalue weighted by atomic mass is 9.87. The van der Waals surface area contributed by atoms with E-state index in [1.165, 1.54) is 21.4 Å². The lowest BCUT2D eigenvalue weighted by Gasteiger charge is -2.33. The van der Waals surface area contributed by atoms with Crippen molar-refractivity contribution < 1.29 is 8.42 Å². The molecule has 0 spiro atoms. The van der Waals surface area contributed by atoms with Crippen LogP contribution in [0, 0.1) is 0 Å². The van der Waals surface area contributed by atoms with Crippen LogP contribution in [0.4, 0.5) is 0 Å². The topological polar surface area (TPSA) is 73.0 Å². The maximum Gasteiger partial charge on any atom is 0.246 e. The molecule has 8 heteroatoms. The SMILES string of the molecule is Cn1cc(C2CN(S(=O)(=O)c3cnn(C)c3)Cc3ccccc32)cn1. The summed E-state index contributed by atoms with van der Waals surface area (Å²) in [5.41, 5.74) is 3.20. The Bertz CT molecular complexity index is 1020. The van der Waals surface area contributed by atoms with Gasteiger partial charge in [0.05, 0.1) is 12.4 Å². The van der Waals surface area contributed by atoms with Crippen molar-refractivity contribution >= 4 is 10.0 Å². The number of hydrogen-bond donors (Lipinski definition) is 0. The Hall–Kier alpha value is -2.45. The van der Waals surface area contributed by atoms with Crippen molar-refractivity contribution in [2.75, 3.05) is 6.54 Å². The molecule has 0 saturated carbocycles. The Labute approximate surface area is 146 Å². The quantitative estimate of drug-likeness (QED) is 0.712. The third kappa shape index (κ3) is 2.77. The van der Waals surface area contributed by atoms with Crippen molar-refractivity contribution in [2.45, 2.75) is 17.4 Å². The first kappa shape index (κ1) is 16.0. The van der Waals surface area contributed by atoms with E-state index in [-0.39, 0.29) is 10.8 Å². The van der Waals surface area contributed by atoms with E-state index in [4.69, 9.17) is 0 Å². The third-order valence-corrected chi connectivity index (χ3v) is 6.37. The Morgan fingerprint density at radius 1 is 1.04 bits per heavy atom. The molecule has 1 unspecified atom stereocenters. The van der Waals surface area contributed by atoms with Gasteiger partial charge in [-0.25, -0.2) is 8.42 Å². The predicted octanol–water partition coefficient (Wildman–Crippen LogP) is 1.49. The number of nitrogens with zero attached hydrogens (tertiary/aromatic N) is 5. The third-order valence-electron chi connectivity index (χ3n) is 4.61. The molecule has 130 valence electrons. The first-order valence-electron chi connectivity index (χ1n) is 8.00. The van der Waals surface area contributed by atoms with Crippen molar-refractivity contribution in [3.63, 3.8) is 0 Å². The van der Waals surface area contributed by atoms with E-state index in [0.717, 1.165) is 16.7 Å². The highest BCUT2D eigenvalue weighted by molar-refractivity contribution is 7.89. The fourth-order valence-corrected chi connectivity index (χ4v) is 4.76. The zero-order valence-corrected chi connectivity index (χ0v) is 14.9. The summed E-state index contributed by atoms with van der Waals surface area (Å²) >= 11 is 0. The second-order valence-corrected chi connectivity index (χ2v) is 8.28. The maximum atomic E-state index is 13.0. The van der Waals surface area contributed by atoms with Gasteiger partial charge in [-0.2, -0.15) is 14.5 Å². The Kier molecular flexibility index (Phi) is 3.73. The summed E-state index contributed by atoms with van der Waals surface area (Å²) in [6, 6.07) is 8.00. The highest BCUT2D eigenvalue weighted by Gasteiger charge is 2.34. The van der Waals surface area contributed by atoms with E-state index in [2.05, 4.69) is 16.3 Å². The van der Waals surface area contributed by atoms with Gasteiger partial charge >= 0.3 is 0 Å². The molecule has 0 radical (unpaired) electrons.